The average molecular weight is 447 g/mol. The summed E-state index contributed by atoms with van der Waals surface area (Å²) in [7, 11) is 1.54. The molecule has 0 aliphatic heterocycles. The normalized spacial score (nSPS) is 15.6. The number of ether oxygens (including phenoxy) is 2. The van der Waals surface area contributed by atoms with Crippen LogP contribution < -0.4 is 10.1 Å². The van der Waals surface area contributed by atoms with E-state index in [9.17, 15) is 9.59 Å². The number of fused-ring (bicyclic) bond motifs is 2. The summed E-state index contributed by atoms with van der Waals surface area (Å²) in [4.78, 5) is 30.7. The van der Waals surface area contributed by atoms with Crippen LogP contribution in [0, 0.1) is 11.3 Å². The Balaban J connectivity index is 1.59. The highest BCUT2D eigenvalue weighted by Crippen LogP contribution is 2.39. The van der Waals surface area contributed by atoms with Gasteiger partial charge in [-0.2, -0.15) is 0 Å². The third-order valence-electron chi connectivity index (χ3n) is 6.40. The summed E-state index contributed by atoms with van der Waals surface area (Å²) in [5.74, 6) is 0.0650. The van der Waals surface area contributed by atoms with E-state index in [0.717, 1.165) is 41.4 Å². The summed E-state index contributed by atoms with van der Waals surface area (Å²) < 4.78 is 10.8. The van der Waals surface area contributed by atoms with Gasteiger partial charge in [-0.05, 0) is 54.4 Å². The molecule has 0 saturated heterocycles. The number of hydrogen-bond donors (Lipinski definition) is 1. The van der Waals surface area contributed by atoms with Crippen molar-refractivity contribution in [3.05, 3.63) is 65.4 Å². The number of anilines is 1. The van der Waals surface area contributed by atoms with Crippen molar-refractivity contribution in [2.24, 2.45) is 11.3 Å². The van der Waals surface area contributed by atoms with Crippen molar-refractivity contribution >= 4 is 28.5 Å². The predicted octanol–water partition coefficient (Wildman–Crippen LogP) is 5.19. The van der Waals surface area contributed by atoms with Gasteiger partial charge in [-0.25, -0.2) is 4.79 Å². The third kappa shape index (κ3) is 4.85. The second-order valence-corrected chi connectivity index (χ2v) is 9.56. The molecule has 33 heavy (non-hydrogen) atoms. The summed E-state index contributed by atoms with van der Waals surface area (Å²) in [5.41, 5.74) is 3.88. The Morgan fingerprint density at radius 2 is 1.82 bits per heavy atom. The largest absolute Gasteiger partial charge is 0.495 e. The number of rotatable bonds is 5. The molecule has 0 fully saturated rings. The first-order chi connectivity index (χ1) is 15.8. The highest BCUT2D eigenvalue weighted by Gasteiger charge is 2.33. The number of nitrogens with one attached hydrogen (secondary N) is 1. The molecule has 6 heteroatoms. The zero-order valence-electron chi connectivity index (χ0n) is 19.6. The van der Waals surface area contributed by atoms with E-state index in [-0.39, 0.29) is 12.0 Å². The number of benzene rings is 2. The number of aromatic nitrogens is 1. The van der Waals surface area contributed by atoms with Crippen LogP contribution in [0.5, 0.6) is 5.75 Å². The topological polar surface area (TPSA) is 77.5 Å². The number of pyridine rings is 1. The molecule has 0 bridgehead atoms. The van der Waals surface area contributed by atoms with Gasteiger partial charge in [-0.3, -0.25) is 9.78 Å². The van der Waals surface area contributed by atoms with Crippen molar-refractivity contribution in [1.82, 2.24) is 4.98 Å². The molecule has 1 amide bonds. The number of methoxy groups -OCH3 is 1. The van der Waals surface area contributed by atoms with E-state index in [1.165, 1.54) is 7.11 Å². The number of carbonyl (C=O) groups is 2. The maximum atomic E-state index is 13.3. The van der Waals surface area contributed by atoms with E-state index in [0.29, 0.717) is 22.9 Å². The van der Waals surface area contributed by atoms with Gasteiger partial charge < -0.3 is 14.8 Å². The molecule has 4 rings (SSSR count). The van der Waals surface area contributed by atoms with E-state index in [1.54, 1.807) is 18.2 Å². The summed E-state index contributed by atoms with van der Waals surface area (Å²) in [6.07, 6.45) is 2.64. The van der Waals surface area contributed by atoms with Gasteiger partial charge in [-0.15, -0.1) is 0 Å². The van der Waals surface area contributed by atoms with E-state index in [4.69, 9.17) is 14.5 Å². The van der Waals surface area contributed by atoms with Crippen LogP contribution in [0.1, 0.15) is 48.8 Å². The number of carbonyl (C=O) groups excluding carboxylic acids is 2. The number of amides is 1. The molecule has 0 radical (unpaired) electrons. The molecule has 1 atom stereocenters. The van der Waals surface area contributed by atoms with Gasteiger partial charge in [-0.1, -0.05) is 51.1 Å². The van der Waals surface area contributed by atoms with Crippen LogP contribution in [0.15, 0.2) is 48.5 Å². The molecule has 1 aliphatic rings. The molecule has 1 unspecified atom stereocenters. The van der Waals surface area contributed by atoms with Gasteiger partial charge >= 0.3 is 5.97 Å². The fourth-order valence-corrected chi connectivity index (χ4v) is 4.50. The third-order valence-corrected chi connectivity index (χ3v) is 6.40. The second-order valence-electron chi connectivity index (χ2n) is 9.56. The van der Waals surface area contributed by atoms with Crippen LogP contribution in [0.4, 0.5) is 5.69 Å². The molecule has 3 aromatic rings. The lowest BCUT2D eigenvalue weighted by molar-refractivity contribution is -0.119. The highest BCUT2D eigenvalue weighted by molar-refractivity contribution is 6.06. The van der Waals surface area contributed by atoms with Crippen molar-refractivity contribution < 1.29 is 19.1 Å². The maximum absolute atomic E-state index is 13.3. The summed E-state index contributed by atoms with van der Waals surface area (Å²) in [5, 5.41) is 3.51. The number of nitrogens with zero attached hydrogens (tertiary/aromatic N) is 1. The second kappa shape index (κ2) is 9.22. The van der Waals surface area contributed by atoms with Crippen LogP contribution in [0.2, 0.25) is 0 Å². The summed E-state index contributed by atoms with van der Waals surface area (Å²) >= 11 is 0. The average Bonchev–Trinajstić information content (AvgIpc) is 2.80. The van der Waals surface area contributed by atoms with Gasteiger partial charge in [0.15, 0.2) is 6.61 Å². The Labute approximate surface area is 194 Å². The molecule has 0 saturated carbocycles. The molecule has 0 spiro atoms. The van der Waals surface area contributed by atoms with Crippen LogP contribution in [-0.4, -0.2) is 30.6 Å². The first-order valence-corrected chi connectivity index (χ1v) is 11.3. The van der Waals surface area contributed by atoms with E-state index >= 15 is 0 Å². The predicted molar refractivity (Wildman–Crippen MR) is 129 cm³/mol. The lowest BCUT2D eigenvalue weighted by Gasteiger charge is -2.35. The minimum Gasteiger partial charge on any atom is -0.495 e. The quantitative estimate of drug-likeness (QED) is 0.546. The van der Waals surface area contributed by atoms with Crippen LogP contribution >= 0.6 is 0 Å². The number of esters is 1. The van der Waals surface area contributed by atoms with Gasteiger partial charge in [0.25, 0.3) is 5.91 Å². The van der Waals surface area contributed by atoms with Gasteiger partial charge in [0.1, 0.15) is 5.75 Å². The van der Waals surface area contributed by atoms with Gasteiger partial charge in [0.05, 0.1) is 23.9 Å². The number of para-hydroxylation sites is 3. The first kappa shape index (κ1) is 22.8. The van der Waals surface area contributed by atoms with Gasteiger partial charge in [0, 0.05) is 11.1 Å². The summed E-state index contributed by atoms with van der Waals surface area (Å²) in [6.45, 7) is 6.32. The zero-order valence-corrected chi connectivity index (χ0v) is 19.6. The zero-order chi connectivity index (χ0) is 23.6. The lowest BCUT2D eigenvalue weighted by Crippen LogP contribution is -2.29. The van der Waals surface area contributed by atoms with Crippen molar-refractivity contribution in [3.63, 3.8) is 0 Å². The van der Waals surface area contributed by atoms with Crippen molar-refractivity contribution in [2.75, 3.05) is 19.0 Å². The lowest BCUT2D eigenvalue weighted by atomic mass is 9.70. The fraction of sp³-hybridized carbons (Fsp3) is 0.370. The minimum atomic E-state index is -0.491. The minimum absolute atomic E-state index is 0.124. The number of aryl methyl sites for hydroxylation is 1. The van der Waals surface area contributed by atoms with Crippen molar-refractivity contribution in [2.45, 2.75) is 40.0 Å². The molecule has 1 N–H and O–H groups in total. The monoisotopic (exact) mass is 446 g/mol. The molecule has 1 aliphatic carbocycles. The van der Waals surface area contributed by atoms with Crippen molar-refractivity contribution in [1.29, 1.82) is 0 Å². The molecule has 6 nitrogen and oxygen atoms in total. The molecular formula is C27H30N2O4. The Kier molecular flexibility index (Phi) is 6.36. The number of hydrogen-bond acceptors (Lipinski definition) is 5. The maximum Gasteiger partial charge on any atom is 0.339 e. The van der Waals surface area contributed by atoms with Crippen molar-refractivity contribution in [3.8, 4) is 5.75 Å². The molecule has 2 aromatic carbocycles. The van der Waals surface area contributed by atoms with Crippen LogP contribution in [0.25, 0.3) is 10.9 Å². The SMILES string of the molecule is COc1ccccc1NC(=O)COC(=O)c1c2c(nc3ccccc13)CCC(C(C)(C)C)C2. The van der Waals surface area contributed by atoms with E-state index < -0.39 is 11.9 Å². The Morgan fingerprint density at radius 1 is 1.09 bits per heavy atom. The van der Waals surface area contributed by atoms with E-state index in [2.05, 4.69) is 26.1 Å². The van der Waals surface area contributed by atoms with E-state index in [1.807, 2.05) is 30.3 Å². The first-order valence-electron chi connectivity index (χ1n) is 11.3. The molecule has 172 valence electrons. The summed E-state index contributed by atoms with van der Waals surface area (Å²) in [6, 6.07) is 14.7. The standard InChI is InChI=1S/C27H30N2O4/c1-27(2,3)17-13-14-21-19(15-17)25(18-9-5-6-10-20(18)28-21)26(31)33-16-24(30)29-22-11-7-8-12-23(22)32-4/h5-12,17H,13-16H2,1-4H3,(H,29,30). The molecule has 1 heterocycles. The van der Waals surface area contributed by atoms with Gasteiger partial charge in [0.2, 0.25) is 0 Å². The Bertz CT molecular complexity index is 1200. The Hall–Kier alpha value is -3.41. The van der Waals surface area contributed by atoms with Crippen LogP contribution in [-0.2, 0) is 22.4 Å². The smallest absolute Gasteiger partial charge is 0.339 e. The Morgan fingerprint density at radius 3 is 2.58 bits per heavy atom. The highest BCUT2D eigenvalue weighted by atomic mass is 16.5. The molecule has 1 aromatic heterocycles. The fourth-order valence-electron chi connectivity index (χ4n) is 4.50. The molecular weight excluding hydrogens is 416 g/mol. The van der Waals surface area contributed by atoms with Crippen LogP contribution in [0.3, 0.4) is 0 Å².